The highest BCUT2D eigenvalue weighted by Crippen LogP contribution is 2.39. The van der Waals surface area contributed by atoms with Crippen molar-refractivity contribution in [3.05, 3.63) is 22.4 Å². The number of aliphatic hydroxyl groups is 1. The van der Waals surface area contributed by atoms with Crippen molar-refractivity contribution in [1.82, 2.24) is 5.32 Å². The monoisotopic (exact) mass is 271 g/mol. The highest BCUT2D eigenvalue weighted by Gasteiger charge is 2.32. The molecule has 1 unspecified atom stereocenters. The Hall–Kier alpha value is -0.0300. The van der Waals surface area contributed by atoms with E-state index in [0.29, 0.717) is 11.3 Å². The molecule has 0 radical (unpaired) electrons. The lowest BCUT2D eigenvalue weighted by Crippen LogP contribution is -2.36. The molecule has 1 aromatic heterocycles. The van der Waals surface area contributed by atoms with Crippen LogP contribution in [0.4, 0.5) is 0 Å². The zero-order chi connectivity index (χ0) is 12.1. The Kier molecular flexibility index (Phi) is 4.91. The Balaban J connectivity index is 1.75. The Morgan fingerprint density at radius 3 is 2.88 bits per heavy atom. The average molecular weight is 271 g/mol. The Bertz CT molecular complexity index is 320. The predicted molar refractivity (Wildman–Crippen MR) is 76.9 cm³/mol. The molecule has 0 bridgehead atoms. The van der Waals surface area contributed by atoms with Gasteiger partial charge < -0.3 is 10.4 Å². The molecule has 0 saturated heterocycles. The number of aliphatic hydroxyl groups excluding tert-OH is 1. The van der Waals surface area contributed by atoms with Gasteiger partial charge in [0.05, 0.1) is 0 Å². The van der Waals surface area contributed by atoms with Crippen LogP contribution >= 0.6 is 23.1 Å². The van der Waals surface area contributed by atoms with Crippen molar-refractivity contribution in [2.75, 3.05) is 19.3 Å². The number of hydrogen-bond acceptors (Lipinski definition) is 4. The minimum Gasteiger partial charge on any atom is -0.386 e. The molecule has 2 N–H and O–H groups in total. The first-order chi connectivity index (χ1) is 8.26. The Morgan fingerprint density at radius 2 is 2.29 bits per heavy atom. The molecule has 1 atom stereocenters. The van der Waals surface area contributed by atoms with Crippen molar-refractivity contribution in [2.45, 2.75) is 36.5 Å². The van der Waals surface area contributed by atoms with E-state index in [1.54, 1.807) is 11.3 Å². The molecule has 1 saturated carbocycles. The third-order valence-corrected chi connectivity index (χ3v) is 6.00. The predicted octanol–water partition coefficient (Wildman–Crippen LogP) is 3.05. The first-order valence-corrected chi connectivity index (χ1v) is 8.33. The van der Waals surface area contributed by atoms with Crippen LogP contribution in [0.3, 0.4) is 0 Å². The van der Waals surface area contributed by atoms with Gasteiger partial charge in [-0.3, -0.25) is 0 Å². The van der Waals surface area contributed by atoms with Crippen LogP contribution in [-0.4, -0.2) is 29.2 Å². The van der Waals surface area contributed by atoms with Crippen molar-refractivity contribution in [3.63, 3.8) is 0 Å². The fourth-order valence-electron chi connectivity index (χ4n) is 2.49. The van der Waals surface area contributed by atoms with E-state index in [2.05, 4.69) is 11.6 Å². The maximum absolute atomic E-state index is 9.98. The summed E-state index contributed by atoms with van der Waals surface area (Å²) in [7, 11) is 0. The van der Waals surface area contributed by atoms with Gasteiger partial charge in [-0.05, 0) is 30.5 Å². The van der Waals surface area contributed by atoms with E-state index in [4.69, 9.17) is 0 Å². The second-order valence-electron chi connectivity index (χ2n) is 4.76. The van der Waals surface area contributed by atoms with Crippen LogP contribution in [0.25, 0.3) is 0 Å². The molecule has 0 aliphatic heterocycles. The van der Waals surface area contributed by atoms with E-state index >= 15 is 0 Å². The molecule has 0 amide bonds. The Morgan fingerprint density at radius 1 is 1.53 bits per heavy atom. The van der Waals surface area contributed by atoms with E-state index in [0.717, 1.165) is 11.4 Å². The smallest absolute Gasteiger partial charge is 0.101 e. The summed E-state index contributed by atoms with van der Waals surface area (Å²) in [4.78, 5) is 1.06. The van der Waals surface area contributed by atoms with Crippen molar-refractivity contribution in [3.8, 4) is 0 Å². The van der Waals surface area contributed by atoms with E-state index in [-0.39, 0.29) is 6.10 Å². The third-order valence-electron chi connectivity index (χ3n) is 3.60. The van der Waals surface area contributed by atoms with Crippen molar-refractivity contribution in [2.24, 2.45) is 0 Å². The molecule has 96 valence electrons. The molecule has 1 aliphatic rings. The number of thioether (sulfide) groups is 1. The molecule has 1 aliphatic carbocycles. The van der Waals surface area contributed by atoms with Crippen LogP contribution in [-0.2, 0) is 0 Å². The number of thiophene rings is 1. The third kappa shape index (κ3) is 3.47. The number of nitrogens with one attached hydrogen (secondary N) is 1. The summed E-state index contributed by atoms with van der Waals surface area (Å²) in [5.41, 5.74) is 0. The average Bonchev–Trinajstić information content (AvgIpc) is 3.01. The highest BCUT2D eigenvalue weighted by atomic mass is 32.2. The van der Waals surface area contributed by atoms with Crippen molar-refractivity contribution >= 4 is 23.1 Å². The lowest BCUT2D eigenvalue weighted by atomic mass is 10.1. The second-order valence-corrected chi connectivity index (χ2v) is 7.01. The van der Waals surface area contributed by atoms with Crippen LogP contribution in [0, 0.1) is 0 Å². The van der Waals surface area contributed by atoms with Gasteiger partial charge in [0.15, 0.2) is 0 Å². The fourth-order valence-corrected chi connectivity index (χ4v) is 4.15. The highest BCUT2D eigenvalue weighted by molar-refractivity contribution is 8.00. The minimum absolute atomic E-state index is 0.352. The van der Waals surface area contributed by atoms with Crippen molar-refractivity contribution < 1.29 is 5.11 Å². The molecular formula is C13H21NOS2. The fraction of sp³-hybridized carbons (Fsp3) is 0.692. The van der Waals surface area contributed by atoms with Gasteiger partial charge in [0.2, 0.25) is 0 Å². The molecule has 1 fully saturated rings. The summed E-state index contributed by atoms with van der Waals surface area (Å²) >= 11 is 3.61. The van der Waals surface area contributed by atoms with Gasteiger partial charge in [0.25, 0.3) is 0 Å². The summed E-state index contributed by atoms with van der Waals surface area (Å²) in [6.07, 6.45) is 7.21. The minimum atomic E-state index is -0.352. The molecule has 1 aromatic rings. The van der Waals surface area contributed by atoms with Gasteiger partial charge in [-0.15, -0.1) is 11.3 Å². The van der Waals surface area contributed by atoms with Crippen LogP contribution in [0.5, 0.6) is 0 Å². The lowest BCUT2D eigenvalue weighted by Gasteiger charge is -2.27. The summed E-state index contributed by atoms with van der Waals surface area (Å²) in [6.45, 7) is 1.69. The van der Waals surface area contributed by atoms with Gasteiger partial charge in [0.1, 0.15) is 6.10 Å². The summed E-state index contributed by atoms with van der Waals surface area (Å²) in [6, 6.07) is 3.99. The van der Waals surface area contributed by atoms with E-state index < -0.39 is 0 Å². The zero-order valence-corrected chi connectivity index (χ0v) is 11.9. The molecular weight excluding hydrogens is 250 g/mol. The van der Waals surface area contributed by atoms with Gasteiger partial charge in [-0.25, -0.2) is 0 Å². The van der Waals surface area contributed by atoms with Crippen LogP contribution in [0.15, 0.2) is 17.5 Å². The largest absolute Gasteiger partial charge is 0.386 e. The van der Waals surface area contributed by atoms with Crippen molar-refractivity contribution in [1.29, 1.82) is 0 Å². The van der Waals surface area contributed by atoms with Crippen LogP contribution < -0.4 is 5.32 Å². The topological polar surface area (TPSA) is 32.3 Å². The van der Waals surface area contributed by atoms with Gasteiger partial charge in [0, 0.05) is 22.7 Å². The molecule has 2 rings (SSSR count). The first kappa shape index (κ1) is 13.4. The molecule has 0 spiro atoms. The van der Waals surface area contributed by atoms with E-state index in [1.165, 1.54) is 25.7 Å². The Labute approximate surface area is 112 Å². The second kappa shape index (κ2) is 6.23. The van der Waals surface area contributed by atoms with Crippen LogP contribution in [0.1, 0.15) is 36.7 Å². The molecule has 1 heterocycles. The molecule has 17 heavy (non-hydrogen) atoms. The van der Waals surface area contributed by atoms with E-state index in [9.17, 15) is 5.11 Å². The molecule has 0 aromatic carbocycles. The van der Waals surface area contributed by atoms with Gasteiger partial charge in [-0.2, -0.15) is 11.8 Å². The molecule has 4 heteroatoms. The normalized spacial score (nSPS) is 20.6. The first-order valence-electron chi connectivity index (χ1n) is 6.23. The van der Waals surface area contributed by atoms with E-state index in [1.807, 2.05) is 29.3 Å². The van der Waals surface area contributed by atoms with Gasteiger partial charge in [-0.1, -0.05) is 18.9 Å². The van der Waals surface area contributed by atoms with Gasteiger partial charge >= 0.3 is 0 Å². The summed E-state index contributed by atoms with van der Waals surface area (Å²) in [5, 5.41) is 15.4. The zero-order valence-electron chi connectivity index (χ0n) is 10.3. The number of hydrogen-bond donors (Lipinski definition) is 2. The maximum atomic E-state index is 9.98. The molecule has 2 nitrogen and oxygen atoms in total. The maximum Gasteiger partial charge on any atom is 0.101 e. The quantitative estimate of drug-likeness (QED) is 0.834. The number of rotatable bonds is 6. The lowest BCUT2D eigenvalue weighted by molar-refractivity contribution is 0.177. The summed E-state index contributed by atoms with van der Waals surface area (Å²) < 4.78 is 0.426. The summed E-state index contributed by atoms with van der Waals surface area (Å²) in [5.74, 6) is 0. The standard InChI is InChI=1S/C13H21NOS2/c1-16-13(6-2-3-7-13)10-14-9-11(15)12-5-4-8-17-12/h4-5,8,11,14-15H,2-3,6-7,9-10H2,1H3. The van der Waals surface area contributed by atoms with Crippen LogP contribution in [0.2, 0.25) is 0 Å². The SMILES string of the molecule is CSC1(CNCC(O)c2cccs2)CCCC1.